The SMILES string of the molecule is CCn1nc(CC(NN)C(F)F)c2ccccc21. The molecular weight excluding hydrogens is 238 g/mol. The molecule has 0 saturated heterocycles. The molecule has 0 bridgehead atoms. The molecule has 1 atom stereocenters. The Morgan fingerprint density at radius 1 is 1.39 bits per heavy atom. The van der Waals surface area contributed by atoms with Crippen molar-refractivity contribution in [3.63, 3.8) is 0 Å². The van der Waals surface area contributed by atoms with E-state index in [0.717, 1.165) is 10.9 Å². The van der Waals surface area contributed by atoms with Crippen LogP contribution in [0.1, 0.15) is 12.6 Å². The molecule has 0 aliphatic carbocycles. The number of hydrogen-bond donors (Lipinski definition) is 2. The molecule has 1 unspecified atom stereocenters. The molecule has 0 spiro atoms. The molecule has 2 aromatic rings. The van der Waals surface area contributed by atoms with Crippen molar-refractivity contribution in [1.29, 1.82) is 0 Å². The number of fused-ring (bicyclic) bond motifs is 1. The molecular formula is C12H16F2N4. The number of nitrogens with one attached hydrogen (secondary N) is 1. The summed E-state index contributed by atoms with van der Waals surface area (Å²) >= 11 is 0. The summed E-state index contributed by atoms with van der Waals surface area (Å²) in [5.74, 6) is 5.14. The molecule has 98 valence electrons. The Morgan fingerprint density at radius 2 is 2.11 bits per heavy atom. The van der Waals surface area contributed by atoms with Crippen LogP contribution in [0.3, 0.4) is 0 Å². The number of hydrogen-bond acceptors (Lipinski definition) is 3. The van der Waals surface area contributed by atoms with Crippen LogP contribution in [0.5, 0.6) is 0 Å². The van der Waals surface area contributed by atoms with E-state index in [9.17, 15) is 8.78 Å². The predicted molar refractivity (Wildman–Crippen MR) is 66.2 cm³/mol. The van der Waals surface area contributed by atoms with Gasteiger partial charge in [-0.15, -0.1) is 0 Å². The highest BCUT2D eigenvalue weighted by atomic mass is 19.3. The summed E-state index contributed by atoms with van der Waals surface area (Å²) in [6.45, 7) is 2.67. The van der Waals surface area contributed by atoms with Crippen molar-refractivity contribution >= 4 is 10.9 Å². The second-order valence-electron chi connectivity index (χ2n) is 4.09. The van der Waals surface area contributed by atoms with E-state index in [1.54, 1.807) is 0 Å². The Morgan fingerprint density at radius 3 is 2.72 bits per heavy atom. The first-order valence-electron chi connectivity index (χ1n) is 5.86. The topological polar surface area (TPSA) is 55.9 Å². The number of aromatic nitrogens is 2. The van der Waals surface area contributed by atoms with Gasteiger partial charge in [-0.2, -0.15) is 5.10 Å². The lowest BCUT2D eigenvalue weighted by Crippen LogP contribution is -2.42. The summed E-state index contributed by atoms with van der Waals surface area (Å²) in [6, 6.07) is 6.53. The quantitative estimate of drug-likeness (QED) is 0.630. The number of aryl methyl sites for hydroxylation is 1. The van der Waals surface area contributed by atoms with Crippen LogP contribution in [0.25, 0.3) is 10.9 Å². The van der Waals surface area contributed by atoms with Crippen molar-refractivity contribution in [3.05, 3.63) is 30.0 Å². The van der Waals surface area contributed by atoms with Crippen molar-refractivity contribution in [2.24, 2.45) is 5.84 Å². The Balaban J connectivity index is 2.39. The van der Waals surface area contributed by atoms with Gasteiger partial charge < -0.3 is 0 Å². The van der Waals surface area contributed by atoms with Gasteiger partial charge >= 0.3 is 0 Å². The third-order valence-electron chi connectivity index (χ3n) is 2.97. The summed E-state index contributed by atoms with van der Waals surface area (Å²) in [5, 5.41) is 5.27. The standard InChI is InChI=1S/C12H16F2N4/c1-2-18-11-6-4-3-5-8(11)9(17-18)7-10(16-15)12(13)14/h3-6,10,12,16H,2,7,15H2,1H3. The summed E-state index contributed by atoms with van der Waals surface area (Å²) in [5.41, 5.74) is 3.75. The highest BCUT2D eigenvalue weighted by molar-refractivity contribution is 5.82. The van der Waals surface area contributed by atoms with E-state index in [0.29, 0.717) is 12.2 Å². The molecule has 18 heavy (non-hydrogen) atoms. The minimum atomic E-state index is -2.51. The minimum Gasteiger partial charge on any atom is -0.271 e. The lowest BCUT2D eigenvalue weighted by Gasteiger charge is -2.13. The number of benzene rings is 1. The van der Waals surface area contributed by atoms with Gasteiger partial charge in [0, 0.05) is 18.4 Å². The number of halogens is 2. The van der Waals surface area contributed by atoms with Gasteiger partial charge in [-0.05, 0) is 13.0 Å². The Hall–Kier alpha value is -1.53. The number of para-hydroxylation sites is 1. The van der Waals surface area contributed by atoms with Crippen LogP contribution in [-0.4, -0.2) is 22.2 Å². The van der Waals surface area contributed by atoms with Gasteiger partial charge in [-0.1, -0.05) is 18.2 Å². The van der Waals surface area contributed by atoms with E-state index in [1.165, 1.54) is 0 Å². The molecule has 1 heterocycles. The van der Waals surface area contributed by atoms with Crippen LogP contribution < -0.4 is 11.3 Å². The third kappa shape index (κ3) is 2.34. The van der Waals surface area contributed by atoms with E-state index in [4.69, 9.17) is 5.84 Å². The third-order valence-corrected chi connectivity index (χ3v) is 2.97. The summed E-state index contributed by atoms with van der Waals surface area (Å²) < 4.78 is 27.2. The van der Waals surface area contributed by atoms with E-state index in [-0.39, 0.29) is 6.42 Å². The zero-order valence-electron chi connectivity index (χ0n) is 10.1. The maximum Gasteiger partial charge on any atom is 0.255 e. The normalized spacial score (nSPS) is 13.4. The average molecular weight is 254 g/mol. The van der Waals surface area contributed by atoms with Crippen molar-refractivity contribution in [2.45, 2.75) is 32.4 Å². The number of nitrogens with zero attached hydrogens (tertiary/aromatic N) is 2. The highest BCUT2D eigenvalue weighted by Crippen LogP contribution is 2.20. The number of alkyl halides is 2. The maximum absolute atomic E-state index is 12.7. The van der Waals surface area contributed by atoms with Crippen LogP contribution in [-0.2, 0) is 13.0 Å². The van der Waals surface area contributed by atoms with E-state index >= 15 is 0 Å². The summed E-state index contributed by atoms with van der Waals surface area (Å²) in [7, 11) is 0. The van der Waals surface area contributed by atoms with Crippen LogP contribution in [0.4, 0.5) is 8.78 Å². The van der Waals surface area contributed by atoms with E-state index in [2.05, 4.69) is 10.5 Å². The molecule has 0 radical (unpaired) electrons. The van der Waals surface area contributed by atoms with Crippen LogP contribution in [0, 0.1) is 0 Å². The molecule has 1 aromatic carbocycles. The van der Waals surface area contributed by atoms with E-state index < -0.39 is 12.5 Å². The first kappa shape index (κ1) is 12.9. The Bertz CT molecular complexity index is 524. The molecule has 0 saturated carbocycles. The van der Waals surface area contributed by atoms with Crippen molar-refractivity contribution in [1.82, 2.24) is 15.2 Å². The van der Waals surface area contributed by atoms with Crippen LogP contribution >= 0.6 is 0 Å². The lowest BCUT2D eigenvalue weighted by molar-refractivity contribution is 0.0980. The predicted octanol–water partition coefficient (Wildman–Crippen LogP) is 1.70. The second kappa shape index (κ2) is 5.41. The molecule has 3 N–H and O–H groups in total. The molecule has 0 fully saturated rings. The first-order valence-corrected chi connectivity index (χ1v) is 5.86. The van der Waals surface area contributed by atoms with E-state index in [1.807, 2.05) is 35.9 Å². The lowest BCUT2D eigenvalue weighted by atomic mass is 10.1. The highest BCUT2D eigenvalue weighted by Gasteiger charge is 2.22. The molecule has 0 aliphatic heterocycles. The smallest absolute Gasteiger partial charge is 0.255 e. The monoisotopic (exact) mass is 254 g/mol. The van der Waals surface area contributed by atoms with Gasteiger partial charge in [-0.25, -0.2) is 8.78 Å². The number of nitrogens with two attached hydrogens (primary N) is 1. The fraction of sp³-hybridized carbons (Fsp3) is 0.417. The second-order valence-corrected chi connectivity index (χ2v) is 4.09. The Labute approximate surface area is 104 Å². The fourth-order valence-corrected chi connectivity index (χ4v) is 2.02. The van der Waals surface area contributed by atoms with Crippen molar-refractivity contribution in [2.75, 3.05) is 0 Å². The summed E-state index contributed by atoms with van der Waals surface area (Å²) in [6.07, 6.45) is -2.40. The van der Waals surface area contributed by atoms with Crippen molar-refractivity contribution in [3.8, 4) is 0 Å². The maximum atomic E-state index is 12.7. The van der Waals surface area contributed by atoms with Gasteiger partial charge in [0.1, 0.15) is 0 Å². The number of rotatable bonds is 5. The Kier molecular flexibility index (Phi) is 3.88. The molecule has 0 aliphatic rings. The molecule has 6 heteroatoms. The van der Waals surface area contributed by atoms with Gasteiger partial charge in [0.25, 0.3) is 6.43 Å². The first-order chi connectivity index (χ1) is 8.67. The zero-order chi connectivity index (χ0) is 13.1. The van der Waals surface area contributed by atoms with Gasteiger partial charge in [-0.3, -0.25) is 16.0 Å². The molecule has 0 amide bonds. The molecule has 4 nitrogen and oxygen atoms in total. The zero-order valence-corrected chi connectivity index (χ0v) is 10.1. The minimum absolute atomic E-state index is 0.113. The van der Waals surface area contributed by atoms with Gasteiger partial charge in [0.15, 0.2) is 0 Å². The fourth-order valence-electron chi connectivity index (χ4n) is 2.02. The average Bonchev–Trinajstić information content (AvgIpc) is 2.74. The van der Waals surface area contributed by atoms with Gasteiger partial charge in [0.05, 0.1) is 17.3 Å². The number of hydrazine groups is 1. The van der Waals surface area contributed by atoms with Crippen LogP contribution in [0.15, 0.2) is 24.3 Å². The van der Waals surface area contributed by atoms with Crippen LogP contribution in [0.2, 0.25) is 0 Å². The molecule has 1 aromatic heterocycles. The summed E-state index contributed by atoms with van der Waals surface area (Å²) in [4.78, 5) is 0. The van der Waals surface area contributed by atoms with Gasteiger partial charge in [0.2, 0.25) is 0 Å². The molecule has 2 rings (SSSR count). The van der Waals surface area contributed by atoms with Crippen molar-refractivity contribution < 1.29 is 8.78 Å². The largest absolute Gasteiger partial charge is 0.271 e.